The monoisotopic (exact) mass is 305 g/mol. The number of hydrogen-bond acceptors (Lipinski definition) is 3. The first-order chi connectivity index (χ1) is 10.0. The Bertz CT molecular complexity index is 684. The van der Waals surface area contributed by atoms with Crippen LogP contribution in [-0.4, -0.2) is 26.4 Å². The summed E-state index contributed by atoms with van der Waals surface area (Å²) in [5.41, 5.74) is 0.892. The van der Waals surface area contributed by atoms with Crippen molar-refractivity contribution in [1.29, 1.82) is 0 Å². The first kappa shape index (κ1) is 15.5. The van der Waals surface area contributed by atoms with E-state index in [1.807, 2.05) is 31.2 Å². The summed E-state index contributed by atoms with van der Waals surface area (Å²) in [6.07, 6.45) is 0. The molecule has 0 amide bonds. The molecule has 0 aliphatic heterocycles. The highest BCUT2D eigenvalue weighted by Crippen LogP contribution is 2.19. The van der Waals surface area contributed by atoms with Crippen molar-refractivity contribution in [3.63, 3.8) is 0 Å². The normalized spacial score (nSPS) is 11.6. The van der Waals surface area contributed by atoms with Crippen LogP contribution < -0.4 is 4.74 Å². The molecule has 0 unspecified atom stereocenters. The quantitative estimate of drug-likeness (QED) is 0.824. The second-order valence-electron chi connectivity index (χ2n) is 4.65. The molecule has 21 heavy (non-hydrogen) atoms. The fourth-order valence-corrected chi connectivity index (χ4v) is 3.19. The second kappa shape index (κ2) is 6.74. The minimum absolute atomic E-state index is 0.300. The second-order valence-corrected chi connectivity index (χ2v) is 6.70. The van der Waals surface area contributed by atoms with E-state index < -0.39 is 10.0 Å². The maximum atomic E-state index is 12.4. The zero-order valence-electron chi connectivity index (χ0n) is 12.2. The molecule has 4 nitrogen and oxygen atoms in total. The average molecular weight is 305 g/mol. The van der Waals surface area contributed by atoms with Crippen LogP contribution in [0.3, 0.4) is 0 Å². The Morgan fingerprint density at radius 1 is 1.05 bits per heavy atom. The Kier molecular flexibility index (Phi) is 4.98. The molecule has 5 heteroatoms. The third-order valence-electron chi connectivity index (χ3n) is 3.07. The smallest absolute Gasteiger partial charge is 0.243 e. The van der Waals surface area contributed by atoms with Crippen molar-refractivity contribution in [2.45, 2.75) is 18.4 Å². The van der Waals surface area contributed by atoms with Gasteiger partial charge in [-0.2, -0.15) is 4.31 Å². The maximum absolute atomic E-state index is 12.4. The molecule has 0 bridgehead atoms. The lowest BCUT2D eigenvalue weighted by molar-refractivity contribution is 0.339. The van der Waals surface area contributed by atoms with Crippen molar-refractivity contribution in [3.8, 4) is 5.75 Å². The number of sulfonamides is 1. The molecular formula is C16H19NO3S. The molecular weight excluding hydrogens is 286 g/mol. The van der Waals surface area contributed by atoms with Gasteiger partial charge in [0.2, 0.25) is 10.0 Å². The van der Waals surface area contributed by atoms with Crippen LogP contribution in [0, 0.1) is 0 Å². The first-order valence-electron chi connectivity index (χ1n) is 6.77. The summed E-state index contributed by atoms with van der Waals surface area (Å²) in [6.45, 7) is 2.80. The number of hydrogen-bond donors (Lipinski definition) is 0. The van der Waals surface area contributed by atoms with Crippen molar-refractivity contribution in [2.24, 2.45) is 0 Å². The molecule has 0 atom stereocenters. The minimum atomic E-state index is -3.47. The number of benzene rings is 2. The lowest BCUT2D eigenvalue weighted by Crippen LogP contribution is -2.26. The van der Waals surface area contributed by atoms with Gasteiger partial charge in [-0.3, -0.25) is 0 Å². The molecule has 2 aromatic rings. The van der Waals surface area contributed by atoms with Gasteiger partial charge in [-0.1, -0.05) is 30.3 Å². The van der Waals surface area contributed by atoms with Gasteiger partial charge in [-0.15, -0.1) is 0 Å². The zero-order chi connectivity index (χ0) is 15.3. The Morgan fingerprint density at radius 3 is 2.43 bits per heavy atom. The SMILES string of the molecule is CCOc1cccc(CN(C)S(=O)(=O)c2ccccc2)c1. The molecule has 0 aromatic heterocycles. The van der Waals surface area contributed by atoms with Gasteiger partial charge in [0.1, 0.15) is 5.75 Å². The molecule has 2 aromatic carbocycles. The molecule has 0 saturated carbocycles. The summed E-state index contributed by atoms with van der Waals surface area (Å²) in [5.74, 6) is 0.750. The highest BCUT2D eigenvalue weighted by atomic mass is 32.2. The molecule has 0 saturated heterocycles. The van der Waals surface area contributed by atoms with E-state index in [4.69, 9.17) is 4.74 Å². The van der Waals surface area contributed by atoms with Crippen LogP contribution in [0.2, 0.25) is 0 Å². The Balaban J connectivity index is 2.18. The molecule has 0 radical (unpaired) electrons. The molecule has 2 rings (SSSR count). The number of rotatable bonds is 6. The summed E-state index contributed by atoms with van der Waals surface area (Å²) in [7, 11) is -1.89. The van der Waals surface area contributed by atoms with E-state index in [0.29, 0.717) is 18.0 Å². The summed E-state index contributed by atoms with van der Waals surface area (Å²) in [6, 6.07) is 15.9. The lowest BCUT2D eigenvalue weighted by atomic mass is 10.2. The fourth-order valence-electron chi connectivity index (χ4n) is 2.01. The summed E-state index contributed by atoms with van der Waals surface area (Å²) < 4.78 is 31.7. The van der Waals surface area contributed by atoms with Gasteiger partial charge in [0.05, 0.1) is 11.5 Å². The van der Waals surface area contributed by atoms with Crippen molar-refractivity contribution in [2.75, 3.05) is 13.7 Å². The molecule has 0 aliphatic carbocycles. The standard InChI is InChI=1S/C16H19NO3S/c1-3-20-15-9-7-8-14(12-15)13-17(2)21(18,19)16-10-5-4-6-11-16/h4-12H,3,13H2,1-2H3. The van der Waals surface area contributed by atoms with E-state index in [9.17, 15) is 8.42 Å². The highest BCUT2D eigenvalue weighted by Gasteiger charge is 2.20. The molecule has 112 valence electrons. The topological polar surface area (TPSA) is 46.6 Å². The van der Waals surface area contributed by atoms with Gasteiger partial charge >= 0.3 is 0 Å². The molecule has 0 heterocycles. The van der Waals surface area contributed by atoms with E-state index in [-0.39, 0.29) is 0 Å². The van der Waals surface area contributed by atoms with Crippen LogP contribution in [0.25, 0.3) is 0 Å². The summed E-state index contributed by atoms with van der Waals surface area (Å²) in [5, 5.41) is 0. The van der Waals surface area contributed by atoms with E-state index in [2.05, 4.69) is 0 Å². The summed E-state index contributed by atoms with van der Waals surface area (Å²) >= 11 is 0. The lowest BCUT2D eigenvalue weighted by Gasteiger charge is -2.17. The Morgan fingerprint density at radius 2 is 1.76 bits per heavy atom. The third-order valence-corrected chi connectivity index (χ3v) is 4.88. The van der Waals surface area contributed by atoms with Crippen LogP contribution in [0.15, 0.2) is 59.5 Å². The predicted octanol–water partition coefficient (Wildman–Crippen LogP) is 2.91. The van der Waals surface area contributed by atoms with Crippen LogP contribution in [0.5, 0.6) is 5.75 Å². The van der Waals surface area contributed by atoms with Crippen molar-refractivity contribution in [3.05, 3.63) is 60.2 Å². The number of ether oxygens (including phenoxy) is 1. The molecule has 0 N–H and O–H groups in total. The third kappa shape index (κ3) is 3.83. The minimum Gasteiger partial charge on any atom is -0.494 e. The van der Waals surface area contributed by atoms with Crippen LogP contribution >= 0.6 is 0 Å². The largest absolute Gasteiger partial charge is 0.494 e. The summed E-state index contributed by atoms with van der Waals surface area (Å²) in [4.78, 5) is 0.300. The van der Waals surface area contributed by atoms with Gasteiger partial charge in [0, 0.05) is 13.6 Å². The Hall–Kier alpha value is -1.85. The predicted molar refractivity (Wildman–Crippen MR) is 82.7 cm³/mol. The van der Waals surface area contributed by atoms with Gasteiger partial charge in [-0.25, -0.2) is 8.42 Å². The van der Waals surface area contributed by atoms with Crippen molar-refractivity contribution >= 4 is 10.0 Å². The van der Waals surface area contributed by atoms with Gasteiger partial charge in [0.15, 0.2) is 0 Å². The molecule has 0 spiro atoms. The van der Waals surface area contributed by atoms with Crippen LogP contribution in [-0.2, 0) is 16.6 Å². The molecule has 0 aliphatic rings. The molecule has 0 fully saturated rings. The van der Waals surface area contributed by atoms with E-state index in [0.717, 1.165) is 11.3 Å². The van der Waals surface area contributed by atoms with Crippen molar-refractivity contribution < 1.29 is 13.2 Å². The van der Waals surface area contributed by atoms with Gasteiger partial charge < -0.3 is 4.74 Å². The van der Waals surface area contributed by atoms with E-state index in [1.54, 1.807) is 37.4 Å². The van der Waals surface area contributed by atoms with Crippen LogP contribution in [0.1, 0.15) is 12.5 Å². The zero-order valence-corrected chi connectivity index (χ0v) is 13.0. The van der Waals surface area contributed by atoms with Gasteiger partial charge in [0.25, 0.3) is 0 Å². The first-order valence-corrected chi connectivity index (χ1v) is 8.21. The van der Waals surface area contributed by atoms with Gasteiger partial charge in [-0.05, 0) is 36.8 Å². The highest BCUT2D eigenvalue weighted by molar-refractivity contribution is 7.89. The van der Waals surface area contributed by atoms with Crippen LogP contribution in [0.4, 0.5) is 0 Å². The Labute approximate surface area is 126 Å². The van der Waals surface area contributed by atoms with E-state index >= 15 is 0 Å². The number of nitrogens with zero attached hydrogens (tertiary/aromatic N) is 1. The van der Waals surface area contributed by atoms with Crippen molar-refractivity contribution in [1.82, 2.24) is 4.31 Å². The maximum Gasteiger partial charge on any atom is 0.243 e. The average Bonchev–Trinajstić information content (AvgIpc) is 2.49. The fraction of sp³-hybridized carbons (Fsp3) is 0.250. The van der Waals surface area contributed by atoms with E-state index in [1.165, 1.54) is 4.31 Å².